The van der Waals surface area contributed by atoms with Crippen LogP contribution in [-0.2, 0) is 4.74 Å². The van der Waals surface area contributed by atoms with Crippen molar-refractivity contribution in [3.8, 4) is 16.9 Å². The molecule has 0 unspecified atom stereocenters. The molecule has 0 aliphatic carbocycles. The summed E-state index contributed by atoms with van der Waals surface area (Å²) < 4.78 is 12.1. The highest BCUT2D eigenvalue weighted by Crippen LogP contribution is 2.31. The van der Waals surface area contributed by atoms with Crippen molar-refractivity contribution in [2.24, 2.45) is 5.92 Å². The van der Waals surface area contributed by atoms with E-state index in [0.29, 0.717) is 39.3 Å². The third-order valence-electron chi connectivity index (χ3n) is 6.29. The van der Waals surface area contributed by atoms with Crippen molar-refractivity contribution in [3.63, 3.8) is 0 Å². The Kier molecular flexibility index (Phi) is 8.95. The zero-order valence-corrected chi connectivity index (χ0v) is 23.4. The largest absolute Gasteiger partial charge is 0.497 e. The zero-order chi connectivity index (χ0) is 28.1. The number of hydrogen-bond donors (Lipinski definition) is 2. The van der Waals surface area contributed by atoms with Crippen LogP contribution in [0, 0.1) is 11.3 Å². The Morgan fingerprint density at radius 2 is 1.51 bits per heavy atom. The molecule has 0 heterocycles. The summed E-state index contributed by atoms with van der Waals surface area (Å²) in [7, 11) is 0. The molecule has 0 saturated heterocycles. The molecule has 0 aliphatic rings. The van der Waals surface area contributed by atoms with E-state index < -0.39 is 5.97 Å². The third-order valence-corrected chi connectivity index (χ3v) is 6.92. The number of carboxylic acids is 1. The molecule has 0 spiro atoms. The van der Waals surface area contributed by atoms with Crippen LogP contribution in [-0.4, -0.2) is 30.0 Å². The molecule has 2 N–H and O–H groups in total. The average molecular weight is 562 g/mol. The quantitative estimate of drug-likeness (QED) is 0.149. The van der Waals surface area contributed by atoms with E-state index in [2.05, 4.69) is 0 Å². The summed E-state index contributed by atoms with van der Waals surface area (Å²) in [6, 6.07) is 23.9. The van der Waals surface area contributed by atoms with Crippen LogP contribution < -0.4 is 4.74 Å². The Morgan fingerprint density at radius 1 is 0.897 bits per heavy atom. The first-order valence-corrected chi connectivity index (χ1v) is 13.3. The van der Waals surface area contributed by atoms with Gasteiger partial charge in [-0.1, -0.05) is 73.4 Å². The van der Waals surface area contributed by atoms with E-state index >= 15 is 0 Å². The zero-order valence-electron chi connectivity index (χ0n) is 21.9. The van der Waals surface area contributed by atoms with Gasteiger partial charge >= 0.3 is 5.97 Å². The van der Waals surface area contributed by atoms with Gasteiger partial charge in [-0.2, -0.15) is 0 Å². The fraction of sp³-hybridized carbons (Fsp3) is 0.188. The highest BCUT2D eigenvalue weighted by atomic mass is 35.5. The number of ether oxygens (including phenoxy) is 2. The molecule has 0 amide bonds. The summed E-state index contributed by atoms with van der Waals surface area (Å²) >= 11 is 12.8. The van der Waals surface area contributed by atoms with Gasteiger partial charge in [0.1, 0.15) is 18.1 Å². The summed E-state index contributed by atoms with van der Waals surface area (Å²) in [6.45, 7) is 6.48. The first-order valence-electron chi connectivity index (χ1n) is 12.6. The lowest BCUT2D eigenvalue weighted by molar-refractivity contribution is 0.0697. The first kappa shape index (κ1) is 28.2. The SMILES string of the molecule is CCO/C(=C(/COc1ccc(-c2ccc3cc(C(=O)O)ccc3c2)cc1)C(=N)c1c(Cl)cccc1Cl)C(C)C. The summed E-state index contributed by atoms with van der Waals surface area (Å²) in [5.41, 5.74) is 3.46. The lowest BCUT2D eigenvalue weighted by Crippen LogP contribution is -2.19. The molecule has 0 bridgehead atoms. The minimum atomic E-state index is -0.943. The van der Waals surface area contributed by atoms with E-state index in [1.54, 1.807) is 30.3 Å². The predicted octanol–water partition coefficient (Wildman–Crippen LogP) is 8.91. The van der Waals surface area contributed by atoms with E-state index in [4.69, 9.17) is 38.1 Å². The standard InChI is InChI=1S/C32H29Cl2NO4/c1-4-38-31(19(2)3)26(30(35)29-27(33)6-5-7-28(29)34)18-39-25-14-12-20(13-15-25)21-8-9-23-17-24(32(36)37)11-10-22(23)16-21/h5-17,19,35H,4,18H2,1-3H3,(H,36,37)/b31-26-,35-30?. The average Bonchev–Trinajstić information content (AvgIpc) is 2.92. The highest BCUT2D eigenvalue weighted by molar-refractivity contribution is 6.41. The Balaban J connectivity index is 1.59. The molecule has 7 heteroatoms. The van der Waals surface area contributed by atoms with Crippen LogP contribution in [0.4, 0.5) is 0 Å². The Hall–Kier alpha value is -3.80. The highest BCUT2D eigenvalue weighted by Gasteiger charge is 2.22. The molecule has 0 aromatic heterocycles. The van der Waals surface area contributed by atoms with Gasteiger partial charge in [0.2, 0.25) is 0 Å². The Morgan fingerprint density at radius 3 is 2.13 bits per heavy atom. The van der Waals surface area contributed by atoms with Crippen molar-refractivity contribution >= 4 is 45.7 Å². The number of aromatic carboxylic acids is 1. The van der Waals surface area contributed by atoms with E-state index in [0.717, 1.165) is 21.9 Å². The Labute approximate surface area is 238 Å². The number of carboxylic acid groups (broad SMARTS) is 1. The Bertz CT molecular complexity index is 1540. The molecule has 0 atom stereocenters. The predicted molar refractivity (Wildman–Crippen MR) is 159 cm³/mol. The minimum absolute atomic E-state index is 0.0204. The van der Waals surface area contributed by atoms with E-state index in [-0.39, 0.29) is 23.8 Å². The van der Waals surface area contributed by atoms with Crippen molar-refractivity contribution in [2.45, 2.75) is 20.8 Å². The molecule has 0 radical (unpaired) electrons. The van der Waals surface area contributed by atoms with Crippen LogP contribution in [0.15, 0.2) is 90.2 Å². The number of allylic oxidation sites excluding steroid dienone is 1. The first-order chi connectivity index (χ1) is 18.7. The van der Waals surface area contributed by atoms with Gasteiger partial charge in [0.25, 0.3) is 0 Å². The van der Waals surface area contributed by atoms with Gasteiger partial charge in [-0.25, -0.2) is 4.79 Å². The van der Waals surface area contributed by atoms with Crippen LogP contribution >= 0.6 is 23.2 Å². The molecule has 0 fully saturated rings. The van der Waals surface area contributed by atoms with Gasteiger partial charge in [0.05, 0.1) is 33.5 Å². The number of benzene rings is 4. The molecule has 4 rings (SSSR count). The summed E-state index contributed by atoms with van der Waals surface area (Å²) in [5.74, 6) is 0.381. The van der Waals surface area contributed by atoms with Crippen molar-refractivity contribution < 1.29 is 19.4 Å². The number of carbonyl (C=O) groups is 1. The van der Waals surface area contributed by atoms with Crippen molar-refractivity contribution in [3.05, 3.63) is 111 Å². The van der Waals surface area contributed by atoms with Gasteiger partial charge in [-0.3, -0.25) is 5.41 Å². The molecule has 0 saturated carbocycles. The molecular formula is C32H29Cl2NO4. The van der Waals surface area contributed by atoms with Crippen LogP contribution in [0.5, 0.6) is 5.75 Å². The van der Waals surface area contributed by atoms with E-state index in [1.807, 2.05) is 69.3 Å². The second-order valence-electron chi connectivity index (χ2n) is 9.30. The molecular weight excluding hydrogens is 533 g/mol. The normalized spacial score (nSPS) is 11.8. The topological polar surface area (TPSA) is 79.6 Å². The second kappa shape index (κ2) is 12.4. The van der Waals surface area contributed by atoms with Crippen molar-refractivity contribution in [1.82, 2.24) is 0 Å². The fourth-order valence-electron chi connectivity index (χ4n) is 4.37. The maximum Gasteiger partial charge on any atom is 0.335 e. The lowest BCUT2D eigenvalue weighted by Gasteiger charge is -2.21. The van der Waals surface area contributed by atoms with Crippen LogP contribution in [0.3, 0.4) is 0 Å². The third kappa shape index (κ3) is 6.44. The van der Waals surface area contributed by atoms with Gasteiger partial charge in [0.15, 0.2) is 0 Å². The molecule has 4 aromatic carbocycles. The number of halogens is 2. The molecule has 4 aromatic rings. The van der Waals surface area contributed by atoms with E-state index in [9.17, 15) is 9.90 Å². The summed E-state index contributed by atoms with van der Waals surface area (Å²) in [4.78, 5) is 11.3. The van der Waals surface area contributed by atoms with Gasteiger partial charge in [-0.05, 0) is 71.3 Å². The molecule has 39 heavy (non-hydrogen) atoms. The molecule has 0 aliphatic heterocycles. The fourth-order valence-corrected chi connectivity index (χ4v) is 4.96. The van der Waals surface area contributed by atoms with Crippen LogP contribution in [0.1, 0.15) is 36.7 Å². The summed E-state index contributed by atoms with van der Waals surface area (Å²) in [6.07, 6.45) is 0. The summed E-state index contributed by atoms with van der Waals surface area (Å²) in [5, 5.41) is 20.8. The van der Waals surface area contributed by atoms with Gasteiger partial charge < -0.3 is 14.6 Å². The molecule has 5 nitrogen and oxygen atoms in total. The smallest absolute Gasteiger partial charge is 0.335 e. The number of nitrogens with one attached hydrogen (secondary N) is 1. The number of rotatable bonds is 10. The van der Waals surface area contributed by atoms with Crippen LogP contribution in [0.25, 0.3) is 21.9 Å². The van der Waals surface area contributed by atoms with Gasteiger partial charge in [-0.15, -0.1) is 0 Å². The number of hydrogen-bond acceptors (Lipinski definition) is 4. The van der Waals surface area contributed by atoms with Crippen molar-refractivity contribution in [2.75, 3.05) is 13.2 Å². The second-order valence-corrected chi connectivity index (χ2v) is 10.1. The maximum atomic E-state index is 11.3. The molecule has 200 valence electrons. The minimum Gasteiger partial charge on any atom is -0.497 e. The van der Waals surface area contributed by atoms with Gasteiger partial charge in [0, 0.05) is 11.5 Å². The lowest BCUT2D eigenvalue weighted by atomic mass is 9.97. The van der Waals surface area contributed by atoms with Crippen LogP contribution in [0.2, 0.25) is 10.0 Å². The van der Waals surface area contributed by atoms with E-state index in [1.165, 1.54) is 0 Å². The monoisotopic (exact) mass is 561 g/mol. The van der Waals surface area contributed by atoms with Crippen molar-refractivity contribution in [1.29, 1.82) is 5.41 Å². The maximum absolute atomic E-state index is 11.3. The number of fused-ring (bicyclic) bond motifs is 1.